The van der Waals surface area contributed by atoms with E-state index in [1.165, 1.54) is 4.90 Å². The number of nitrogens with zero attached hydrogens (tertiary/aromatic N) is 1. The molecule has 20 heavy (non-hydrogen) atoms. The molecule has 1 unspecified atom stereocenters. The molecule has 1 aromatic rings. The highest BCUT2D eigenvalue weighted by atomic mass is 16.5. The van der Waals surface area contributed by atoms with Gasteiger partial charge in [0, 0.05) is 18.7 Å². The molecule has 1 N–H and O–H groups in total. The van der Waals surface area contributed by atoms with Gasteiger partial charge in [-0.2, -0.15) is 0 Å². The van der Waals surface area contributed by atoms with Crippen molar-refractivity contribution in [2.45, 2.75) is 32.9 Å². The first-order chi connectivity index (χ1) is 9.51. The number of hydrogen-bond donors (Lipinski definition) is 1. The zero-order chi connectivity index (χ0) is 15.1. The lowest BCUT2D eigenvalue weighted by Gasteiger charge is -2.27. The van der Waals surface area contributed by atoms with Crippen LogP contribution in [0.3, 0.4) is 0 Å². The molecule has 0 bridgehead atoms. The highest BCUT2D eigenvalue weighted by Gasteiger charge is 2.24. The van der Waals surface area contributed by atoms with Crippen molar-refractivity contribution in [2.75, 3.05) is 13.7 Å². The van der Waals surface area contributed by atoms with E-state index in [1.807, 2.05) is 26.0 Å². The van der Waals surface area contributed by atoms with E-state index >= 15 is 0 Å². The number of ether oxygens (including phenoxy) is 1. The molecular weight excluding hydrogens is 258 g/mol. The molecule has 5 nitrogen and oxygen atoms in total. The summed E-state index contributed by atoms with van der Waals surface area (Å²) < 4.78 is 5.08. The predicted molar refractivity (Wildman–Crippen MR) is 75.6 cm³/mol. The SMILES string of the molecule is CCC(C)N(CC(=O)O)C(=O)c1ccccc1COC. The Morgan fingerprint density at radius 3 is 2.55 bits per heavy atom. The van der Waals surface area contributed by atoms with E-state index in [-0.39, 0.29) is 18.5 Å². The molecule has 0 heterocycles. The molecule has 0 aliphatic carbocycles. The fourth-order valence-corrected chi connectivity index (χ4v) is 1.96. The summed E-state index contributed by atoms with van der Waals surface area (Å²) in [7, 11) is 1.56. The van der Waals surface area contributed by atoms with Gasteiger partial charge in [-0.05, 0) is 25.0 Å². The van der Waals surface area contributed by atoms with E-state index in [2.05, 4.69) is 0 Å². The summed E-state index contributed by atoms with van der Waals surface area (Å²) >= 11 is 0. The van der Waals surface area contributed by atoms with Crippen LogP contribution in [-0.2, 0) is 16.1 Å². The monoisotopic (exact) mass is 279 g/mol. The lowest BCUT2D eigenvalue weighted by Crippen LogP contribution is -2.42. The van der Waals surface area contributed by atoms with Crippen LogP contribution in [0, 0.1) is 0 Å². The van der Waals surface area contributed by atoms with Crippen LogP contribution in [0.5, 0.6) is 0 Å². The maximum atomic E-state index is 12.6. The molecule has 5 heteroatoms. The molecule has 0 radical (unpaired) electrons. The molecule has 0 fully saturated rings. The van der Waals surface area contributed by atoms with Gasteiger partial charge in [0.05, 0.1) is 6.61 Å². The van der Waals surface area contributed by atoms with E-state index in [9.17, 15) is 9.59 Å². The summed E-state index contributed by atoms with van der Waals surface area (Å²) in [5, 5.41) is 8.98. The number of carbonyl (C=O) groups excluding carboxylic acids is 1. The molecule has 1 rings (SSSR count). The second-order valence-electron chi connectivity index (χ2n) is 4.67. The van der Waals surface area contributed by atoms with Crippen molar-refractivity contribution in [3.8, 4) is 0 Å². The van der Waals surface area contributed by atoms with E-state index in [4.69, 9.17) is 9.84 Å². The minimum absolute atomic E-state index is 0.130. The summed E-state index contributed by atoms with van der Waals surface area (Å²) in [6.07, 6.45) is 0.700. The number of methoxy groups -OCH3 is 1. The van der Waals surface area contributed by atoms with Crippen LogP contribution in [0.25, 0.3) is 0 Å². The minimum atomic E-state index is -1.01. The Labute approximate surface area is 119 Å². The average molecular weight is 279 g/mol. The van der Waals surface area contributed by atoms with Gasteiger partial charge in [0.1, 0.15) is 6.54 Å². The molecular formula is C15H21NO4. The lowest BCUT2D eigenvalue weighted by atomic mass is 10.1. The van der Waals surface area contributed by atoms with Crippen LogP contribution in [0.15, 0.2) is 24.3 Å². The van der Waals surface area contributed by atoms with E-state index < -0.39 is 5.97 Å². The van der Waals surface area contributed by atoms with Crippen LogP contribution in [0.2, 0.25) is 0 Å². The smallest absolute Gasteiger partial charge is 0.323 e. The van der Waals surface area contributed by atoms with Gasteiger partial charge in [-0.3, -0.25) is 9.59 Å². The summed E-state index contributed by atoms with van der Waals surface area (Å²) in [5.41, 5.74) is 1.26. The molecule has 1 aromatic carbocycles. The van der Waals surface area contributed by atoms with Gasteiger partial charge in [-0.1, -0.05) is 25.1 Å². The molecule has 0 spiro atoms. The fraction of sp³-hybridized carbons (Fsp3) is 0.467. The summed E-state index contributed by atoms with van der Waals surface area (Å²) in [4.78, 5) is 24.9. The number of rotatable bonds is 7. The van der Waals surface area contributed by atoms with Crippen molar-refractivity contribution in [1.82, 2.24) is 4.90 Å². The topological polar surface area (TPSA) is 66.8 Å². The molecule has 0 aliphatic heterocycles. The van der Waals surface area contributed by atoms with Gasteiger partial charge >= 0.3 is 5.97 Å². The molecule has 1 amide bonds. The second-order valence-corrected chi connectivity index (χ2v) is 4.67. The first-order valence-corrected chi connectivity index (χ1v) is 6.60. The molecule has 0 saturated carbocycles. The maximum Gasteiger partial charge on any atom is 0.323 e. The van der Waals surface area contributed by atoms with Crippen molar-refractivity contribution in [2.24, 2.45) is 0 Å². The Morgan fingerprint density at radius 1 is 1.35 bits per heavy atom. The number of aliphatic carboxylic acids is 1. The van der Waals surface area contributed by atoms with Crippen LogP contribution >= 0.6 is 0 Å². The van der Waals surface area contributed by atoms with E-state index in [1.54, 1.807) is 19.2 Å². The van der Waals surface area contributed by atoms with Crippen molar-refractivity contribution in [3.05, 3.63) is 35.4 Å². The zero-order valence-corrected chi connectivity index (χ0v) is 12.1. The standard InChI is InChI=1S/C15H21NO4/c1-4-11(2)16(9-14(17)18)15(19)13-8-6-5-7-12(13)10-20-3/h5-8,11H,4,9-10H2,1-3H3,(H,17,18). The fourth-order valence-electron chi connectivity index (χ4n) is 1.96. The van der Waals surface area contributed by atoms with Crippen LogP contribution in [0.4, 0.5) is 0 Å². The molecule has 0 aliphatic rings. The number of carbonyl (C=O) groups is 2. The second kappa shape index (κ2) is 7.65. The highest BCUT2D eigenvalue weighted by molar-refractivity contribution is 5.97. The van der Waals surface area contributed by atoms with E-state index in [0.29, 0.717) is 18.6 Å². The normalized spacial score (nSPS) is 11.9. The van der Waals surface area contributed by atoms with Gasteiger partial charge in [0.25, 0.3) is 5.91 Å². The van der Waals surface area contributed by atoms with Crippen molar-refractivity contribution in [3.63, 3.8) is 0 Å². The predicted octanol–water partition coefficient (Wildman–Crippen LogP) is 2.16. The Morgan fingerprint density at radius 2 is 2.00 bits per heavy atom. The Hall–Kier alpha value is -1.88. The molecule has 0 saturated heterocycles. The van der Waals surface area contributed by atoms with Crippen molar-refractivity contribution >= 4 is 11.9 Å². The quantitative estimate of drug-likeness (QED) is 0.830. The minimum Gasteiger partial charge on any atom is -0.480 e. The summed E-state index contributed by atoms with van der Waals surface area (Å²) in [6.45, 7) is 3.80. The Bertz CT molecular complexity index is 473. The maximum absolute atomic E-state index is 12.6. The molecule has 0 aromatic heterocycles. The number of amides is 1. The third kappa shape index (κ3) is 4.06. The van der Waals surface area contributed by atoms with Gasteiger partial charge in [0.15, 0.2) is 0 Å². The van der Waals surface area contributed by atoms with Gasteiger partial charge in [-0.25, -0.2) is 0 Å². The Balaban J connectivity index is 3.08. The summed E-state index contributed by atoms with van der Waals surface area (Å²) in [5.74, 6) is -1.28. The lowest BCUT2D eigenvalue weighted by molar-refractivity contribution is -0.138. The van der Waals surface area contributed by atoms with E-state index in [0.717, 1.165) is 5.56 Å². The third-order valence-corrected chi connectivity index (χ3v) is 3.24. The summed E-state index contributed by atoms with van der Waals surface area (Å²) in [6, 6.07) is 6.98. The zero-order valence-electron chi connectivity index (χ0n) is 12.1. The van der Waals surface area contributed by atoms with Crippen molar-refractivity contribution < 1.29 is 19.4 Å². The first kappa shape index (κ1) is 16.2. The Kier molecular flexibility index (Phi) is 6.18. The van der Waals surface area contributed by atoms with Crippen LogP contribution in [-0.4, -0.2) is 41.6 Å². The van der Waals surface area contributed by atoms with Gasteiger partial charge in [0.2, 0.25) is 0 Å². The number of carboxylic acid groups (broad SMARTS) is 1. The molecule has 110 valence electrons. The number of benzene rings is 1. The number of carboxylic acids is 1. The first-order valence-electron chi connectivity index (χ1n) is 6.60. The van der Waals surface area contributed by atoms with Gasteiger partial charge in [-0.15, -0.1) is 0 Å². The third-order valence-electron chi connectivity index (χ3n) is 3.24. The van der Waals surface area contributed by atoms with Crippen LogP contribution < -0.4 is 0 Å². The molecule has 1 atom stereocenters. The largest absolute Gasteiger partial charge is 0.480 e. The number of hydrogen-bond acceptors (Lipinski definition) is 3. The van der Waals surface area contributed by atoms with Gasteiger partial charge < -0.3 is 14.7 Å². The highest BCUT2D eigenvalue weighted by Crippen LogP contribution is 2.15. The average Bonchev–Trinajstić information content (AvgIpc) is 2.44. The van der Waals surface area contributed by atoms with Crippen LogP contribution in [0.1, 0.15) is 36.2 Å². The van der Waals surface area contributed by atoms with Crippen molar-refractivity contribution in [1.29, 1.82) is 0 Å².